The van der Waals surface area contributed by atoms with E-state index in [1.165, 1.54) is 0 Å². The number of likely N-dealkylation sites (tertiary alicyclic amines) is 1. The van der Waals surface area contributed by atoms with E-state index in [1.54, 1.807) is 0 Å². The summed E-state index contributed by atoms with van der Waals surface area (Å²) in [5.41, 5.74) is 0.745. The number of benzene rings is 1. The molecule has 3 atom stereocenters. The first-order valence-corrected chi connectivity index (χ1v) is 7.50. The molecule has 104 valence electrons. The summed E-state index contributed by atoms with van der Waals surface area (Å²) in [6.45, 7) is 5.56. The highest BCUT2D eigenvalue weighted by atomic mass is 79.9. The minimum absolute atomic E-state index is 0.129. The molecule has 1 aromatic carbocycles. The van der Waals surface area contributed by atoms with Crippen LogP contribution in [0.25, 0.3) is 0 Å². The molecule has 1 aromatic rings. The monoisotopic (exact) mass is 325 g/mol. The predicted octanol–water partition coefficient (Wildman–Crippen LogP) is 2.72. The lowest BCUT2D eigenvalue weighted by Crippen LogP contribution is -2.48. The Morgan fingerprint density at radius 2 is 2.05 bits per heavy atom. The number of aliphatic hydroxyl groups is 1. The quantitative estimate of drug-likeness (QED) is 0.869. The zero-order valence-corrected chi connectivity index (χ0v) is 12.9. The maximum Gasteiger partial charge on any atom is 0.179 e. The van der Waals surface area contributed by atoms with E-state index in [-0.39, 0.29) is 23.8 Å². The zero-order chi connectivity index (χ0) is 14.0. The van der Waals surface area contributed by atoms with Crippen LogP contribution in [0.15, 0.2) is 28.7 Å². The molecule has 1 saturated heterocycles. The van der Waals surface area contributed by atoms with Gasteiger partial charge >= 0.3 is 0 Å². The molecule has 1 aliphatic rings. The van der Waals surface area contributed by atoms with Gasteiger partial charge in [0.15, 0.2) is 5.78 Å². The van der Waals surface area contributed by atoms with E-state index in [2.05, 4.69) is 20.8 Å². The molecule has 0 radical (unpaired) electrons. The van der Waals surface area contributed by atoms with Crippen molar-refractivity contribution in [2.75, 3.05) is 13.1 Å². The van der Waals surface area contributed by atoms with Gasteiger partial charge in [-0.1, -0.05) is 35.0 Å². The van der Waals surface area contributed by atoms with Gasteiger partial charge in [-0.05, 0) is 31.4 Å². The molecule has 0 saturated carbocycles. The molecular weight excluding hydrogens is 306 g/mol. The van der Waals surface area contributed by atoms with Crippen molar-refractivity contribution >= 4 is 21.7 Å². The lowest BCUT2D eigenvalue weighted by atomic mass is 9.94. The van der Waals surface area contributed by atoms with Crippen LogP contribution in [0.1, 0.15) is 30.6 Å². The van der Waals surface area contributed by atoms with E-state index >= 15 is 0 Å². The van der Waals surface area contributed by atoms with E-state index in [1.807, 2.05) is 38.1 Å². The number of nitrogens with zero attached hydrogens (tertiary/aromatic N) is 1. The predicted molar refractivity (Wildman–Crippen MR) is 79.3 cm³/mol. The van der Waals surface area contributed by atoms with E-state index < -0.39 is 0 Å². The van der Waals surface area contributed by atoms with Gasteiger partial charge in [-0.25, -0.2) is 0 Å². The minimum Gasteiger partial charge on any atom is -0.393 e. The number of carbonyl (C=O) groups is 1. The first kappa shape index (κ1) is 14.7. The van der Waals surface area contributed by atoms with Crippen LogP contribution in [0.2, 0.25) is 0 Å². The highest BCUT2D eigenvalue weighted by Gasteiger charge is 2.30. The van der Waals surface area contributed by atoms with Gasteiger partial charge < -0.3 is 5.11 Å². The SMILES string of the molecule is CC1CN(C(C)C(=O)c2ccc(Br)cc2)CCC1O. The Morgan fingerprint density at radius 3 is 2.63 bits per heavy atom. The van der Waals surface area contributed by atoms with Crippen molar-refractivity contribution in [3.8, 4) is 0 Å². The maximum atomic E-state index is 12.4. The summed E-state index contributed by atoms with van der Waals surface area (Å²) in [6.07, 6.45) is 0.519. The highest BCUT2D eigenvalue weighted by Crippen LogP contribution is 2.21. The minimum atomic E-state index is -0.230. The second-order valence-electron chi connectivity index (χ2n) is 5.38. The van der Waals surface area contributed by atoms with Gasteiger partial charge in [-0.3, -0.25) is 9.69 Å². The molecule has 4 heteroatoms. The lowest BCUT2D eigenvalue weighted by Gasteiger charge is -2.37. The molecule has 0 aromatic heterocycles. The first-order chi connectivity index (χ1) is 8.99. The van der Waals surface area contributed by atoms with Gasteiger partial charge in [0.1, 0.15) is 0 Å². The van der Waals surface area contributed by atoms with E-state index in [4.69, 9.17) is 0 Å². The zero-order valence-electron chi connectivity index (χ0n) is 11.3. The largest absolute Gasteiger partial charge is 0.393 e. The van der Waals surface area contributed by atoms with Crippen LogP contribution in [-0.2, 0) is 0 Å². The van der Waals surface area contributed by atoms with Crippen LogP contribution in [-0.4, -0.2) is 41.0 Å². The molecule has 0 spiro atoms. The topological polar surface area (TPSA) is 40.5 Å². The summed E-state index contributed by atoms with van der Waals surface area (Å²) >= 11 is 3.37. The average Bonchev–Trinajstić information content (AvgIpc) is 2.41. The van der Waals surface area contributed by atoms with Gasteiger partial charge in [0.2, 0.25) is 0 Å². The van der Waals surface area contributed by atoms with Crippen molar-refractivity contribution in [1.82, 2.24) is 4.90 Å². The number of carbonyl (C=O) groups excluding carboxylic acids is 1. The number of Topliss-reactive ketones (excluding diaryl/α,β-unsaturated/α-hetero) is 1. The molecule has 19 heavy (non-hydrogen) atoms. The molecule has 3 nitrogen and oxygen atoms in total. The molecule has 1 N–H and O–H groups in total. The van der Waals surface area contributed by atoms with Crippen LogP contribution < -0.4 is 0 Å². The Kier molecular flexibility index (Phi) is 4.76. The fourth-order valence-electron chi connectivity index (χ4n) is 2.54. The average molecular weight is 326 g/mol. The van der Waals surface area contributed by atoms with Crippen LogP contribution in [0.4, 0.5) is 0 Å². The molecule has 1 heterocycles. The Balaban J connectivity index is 2.05. The van der Waals surface area contributed by atoms with Crippen LogP contribution in [0, 0.1) is 5.92 Å². The number of hydrogen-bond acceptors (Lipinski definition) is 3. The summed E-state index contributed by atoms with van der Waals surface area (Å²) < 4.78 is 0.978. The Hall–Kier alpha value is -0.710. The van der Waals surface area contributed by atoms with Gasteiger partial charge in [-0.15, -0.1) is 0 Å². The van der Waals surface area contributed by atoms with E-state index in [9.17, 15) is 9.90 Å². The fourth-order valence-corrected chi connectivity index (χ4v) is 2.80. The summed E-state index contributed by atoms with van der Waals surface area (Å²) in [4.78, 5) is 14.6. The summed E-state index contributed by atoms with van der Waals surface area (Å²) in [7, 11) is 0. The molecule has 3 unspecified atom stereocenters. The second kappa shape index (κ2) is 6.16. The second-order valence-corrected chi connectivity index (χ2v) is 6.29. The third kappa shape index (κ3) is 3.44. The molecule has 0 amide bonds. The van der Waals surface area contributed by atoms with Crippen molar-refractivity contribution in [2.45, 2.75) is 32.4 Å². The fraction of sp³-hybridized carbons (Fsp3) is 0.533. The maximum absolute atomic E-state index is 12.4. The number of aliphatic hydroxyl groups excluding tert-OH is 1. The Bertz CT molecular complexity index is 446. The molecule has 0 bridgehead atoms. The Labute approximate surface area is 122 Å². The normalized spacial score (nSPS) is 26.1. The van der Waals surface area contributed by atoms with Crippen LogP contribution in [0.3, 0.4) is 0 Å². The van der Waals surface area contributed by atoms with Crippen molar-refractivity contribution in [3.63, 3.8) is 0 Å². The van der Waals surface area contributed by atoms with Gasteiger partial charge in [0.25, 0.3) is 0 Å². The number of rotatable bonds is 3. The lowest BCUT2D eigenvalue weighted by molar-refractivity contribution is 0.0205. The number of hydrogen-bond donors (Lipinski definition) is 1. The van der Waals surface area contributed by atoms with E-state index in [0.29, 0.717) is 0 Å². The number of piperidine rings is 1. The standard InChI is InChI=1S/C15H20BrNO2/c1-10-9-17(8-7-14(10)18)11(2)15(19)12-3-5-13(16)6-4-12/h3-6,10-11,14,18H,7-9H2,1-2H3. The van der Waals surface area contributed by atoms with Crippen LogP contribution >= 0.6 is 15.9 Å². The third-order valence-corrected chi connectivity index (χ3v) is 4.48. The first-order valence-electron chi connectivity index (χ1n) is 6.71. The molecule has 2 rings (SSSR count). The molecule has 1 aliphatic heterocycles. The van der Waals surface area contributed by atoms with Crippen molar-refractivity contribution < 1.29 is 9.90 Å². The van der Waals surface area contributed by atoms with Gasteiger partial charge in [-0.2, -0.15) is 0 Å². The number of ketones is 1. The molecular formula is C15H20BrNO2. The smallest absolute Gasteiger partial charge is 0.179 e. The number of halogens is 1. The summed E-state index contributed by atoms with van der Waals surface area (Å²) in [6, 6.07) is 7.36. The van der Waals surface area contributed by atoms with Crippen molar-refractivity contribution in [1.29, 1.82) is 0 Å². The third-order valence-electron chi connectivity index (χ3n) is 3.95. The van der Waals surface area contributed by atoms with Crippen molar-refractivity contribution in [3.05, 3.63) is 34.3 Å². The Morgan fingerprint density at radius 1 is 1.42 bits per heavy atom. The van der Waals surface area contributed by atoms with Gasteiger partial charge in [0, 0.05) is 23.1 Å². The summed E-state index contributed by atoms with van der Waals surface area (Å²) in [5.74, 6) is 0.380. The van der Waals surface area contributed by atoms with E-state index in [0.717, 1.165) is 29.5 Å². The van der Waals surface area contributed by atoms with Crippen molar-refractivity contribution in [2.24, 2.45) is 5.92 Å². The van der Waals surface area contributed by atoms with Crippen LogP contribution in [0.5, 0.6) is 0 Å². The molecule has 1 fully saturated rings. The highest BCUT2D eigenvalue weighted by molar-refractivity contribution is 9.10. The molecule has 0 aliphatic carbocycles. The van der Waals surface area contributed by atoms with Gasteiger partial charge in [0.05, 0.1) is 12.1 Å². The summed E-state index contributed by atoms with van der Waals surface area (Å²) in [5, 5.41) is 9.75.